The lowest BCUT2D eigenvalue weighted by Gasteiger charge is -2.03. The van der Waals surface area contributed by atoms with Crippen LogP contribution < -0.4 is 5.32 Å². The SMILES string of the molecule is [CH2]CCNC(=O)OCCCO. The van der Waals surface area contributed by atoms with E-state index >= 15 is 0 Å². The number of alkyl carbamates (subject to hydrolysis) is 1. The van der Waals surface area contributed by atoms with Gasteiger partial charge in [0.05, 0.1) is 6.61 Å². The maximum atomic E-state index is 10.6. The van der Waals surface area contributed by atoms with Crippen molar-refractivity contribution in [2.24, 2.45) is 0 Å². The molecule has 11 heavy (non-hydrogen) atoms. The van der Waals surface area contributed by atoms with Gasteiger partial charge in [0.15, 0.2) is 0 Å². The molecule has 0 aliphatic carbocycles. The summed E-state index contributed by atoms with van der Waals surface area (Å²) >= 11 is 0. The highest BCUT2D eigenvalue weighted by Gasteiger charge is 1.97. The fraction of sp³-hybridized carbons (Fsp3) is 0.714. The third kappa shape index (κ3) is 7.12. The zero-order valence-electron chi connectivity index (χ0n) is 6.51. The van der Waals surface area contributed by atoms with Gasteiger partial charge >= 0.3 is 6.09 Å². The van der Waals surface area contributed by atoms with Gasteiger partial charge in [0, 0.05) is 19.6 Å². The van der Waals surface area contributed by atoms with Crippen LogP contribution in [0, 0.1) is 6.92 Å². The minimum absolute atomic E-state index is 0.0443. The van der Waals surface area contributed by atoms with Gasteiger partial charge in [-0.05, 0) is 6.42 Å². The first-order valence-electron chi connectivity index (χ1n) is 3.62. The molecular weight excluding hydrogens is 146 g/mol. The van der Waals surface area contributed by atoms with Gasteiger partial charge in [-0.25, -0.2) is 4.79 Å². The molecule has 0 saturated heterocycles. The quantitative estimate of drug-likeness (QED) is 0.569. The van der Waals surface area contributed by atoms with Gasteiger partial charge in [0.2, 0.25) is 0 Å². The van der Waals surface area contributed by atoms with Crippen LogP contribution >= 0.6 is 0 Å². The van der Waals surface area contributed by atoms with Crippen molar-refractivity contribution in [3.63, 3.8) is 0 Å². The predicted octanol–water partition coefficient (Wildman–Crippen LogP) is 0.319. The van der Waals surface area contributed by atoms with Gasteiger partial charge in [-0.3, -0.25) is 0 Å². The zero-order chi connectivity index (χ0) is 8.53. The fourth-order valence-electron chi connectivity index (χ4n) is 0.471. The number of hydrogen-bond acceptors (Lipinski definition) is 3. The number of hydrogen-bond donors (Lipinski definition) is 2. The molecule has 0 aliphatic rings. The van der Waals surface area contributed by atoms with E-state index in [4.69, 9.17) is 5.11 Å². The third-order valence-electron chi connectivity index (χ3n) is 0.982. The normalized spacial score (nSPS) is 9.27. The maximum absolute atomic E-state index is 10.6. The second-order valence-corrected chi connectivity index (χ2v) is 1.99. The van der Waals surface area contributed by atoms with Crippen LogP contribution in [0.1, 0.15) is 12.8 Å². The molecule has 0 rings (SSSR count). The molecule has 0 aliphatic heterocycles. The van der Waals surface area contributed by atoms with Crippen LogP contribution in [-0.2, 0) is 4.74 Å². The van der Waals surface area contributed by atoms with E-state index in [-0.39, 0.29) is 13.2 Å². The summed E-state index contributed by atoms with van der Waals surface area (Å²) in [4.78, 5) is 10.6. The van der Waals surface area contributed by atoms with Crippen LogP contribution in [0.4, 0.5) is 4.79 Å². The van der Waals surface area contributed by atoms with Gasteiger partial charge in [0.25, 0.3) is 0 Å². The van der Waals surface area contributed by atoms with Gasteiger partial charge in [-0.15, -0.1) is 0 Å². The summed E-state index contributed by atoms with van der Waals surface area (Å²) in [5.41, 5.74) is 0. The molecule has 2 N–H and O–H groups in total. The van der Waals surface area contributed by atoms with E-state index in [1.165, 1.54) is 0 Å². The van der Waals surface area contributed by atoms with Crippen molar-refractivity contribution < 1.29 is 14.6 Å². The predicted molar refractivity (Wildman–Crippen MR) is 41.0 cm³/mol. The van der Waals surface area contributed by atoms with Crippen molar-refractivity contribution in [2.75, 3.05) is 19.8 Å². The number of carbonyl (C=O) groups is 1. The summed E-state index contributed by atoms with van der Waals surface area (Å²) in [6, 6.07) is 0. The van der Waals surface area contributed by atoms with E-state index in [0.717, 1.165) is 0 Å². The van der Waals surface area contributed by atoms with Crippen molar-refractivity contribution >= 4 is 6.09 Å². The molecule has 0 aromatic rings. The van der Waals surface area contributed by atoms with E-state index < -0.39 is 6.09 Å². The molecule has 0 atom stereocenters. The lowest BCUT2D eigenvalue weighted by molar-refractivity contribution is 0.136. The number of nitrogens with one attached hydrogen (secondary N) is 1. The van der Waals surface area contributed by atoms with E-state index in [2.05, 4.69) is 17.0 Å². The Balaban J connectivity index is 3.09. The number of aliphatic hydroxyl groups excluding tert-OH is 1. The number of rotatable bonds is 5. The number of ether oxygens (including phenoxy) is 1. The van der Waals surface area contributed by atoms with Crippen molar-refractivity contribution in [3.05, 3.63) is 6.92 Å². The molecule has 4 heteroatoms. The Bertz CT molecular complexity index is 106. The highest BCUT2D eigenvalue weighted by Crippen LogP contribution is 1.82. The van der Waals surface area contributed by atoms with Crippen LogP contribution in [0.25, 0.3) is 0 Å². The molecule has 0 aromatic carbocycles. The highest BCUT2D eigenvalue weighted by molar-refractivity contribution is 5.66. The first-order valence-corrected chi connectivity index (χ1v) is 3.62. The van der Waals surface area contributed by atoms with Crippen molar-refractivity contribution in [3.8, 4) is 0 Å². The standard InChI is InChI=1S/C7H14NO3/c1-2-4-8-7(10)11-6-3-5-9/h9H,1-6H2,(H,8,10). The zero-order valence-corrected chi connectivity index (χ0v) is 6.51. The van der Waals surface area contributed by atoms with Crippen LogP contribution in [0.2, 0.25) is 0 Å². The maximum Gasteiger partial charge on any atom is 0.407 e. The summed E-state index contributed by atoms with van der Waals surface area (Å²) in [5, 5.41) is 10.8. The molecule has 0 spiro atoms. The first-order chi connectivity index (χ1) is 5.31. The Morgan fingerprint density at radius 3 is 2.91 bits per heavy atom. The Morgan fingerprint density at radius 1 is 1.64 bits per heavy atom. The van der Waals surface area contributed by atoms with Gasteiger partial charge in [-0.2, -0.15) is 0 Å². The van der Waals surface area contributed by atoms with Gasteiger partial charge < -0.3 is 15.2 Å². The number of carbonyl (C=O) groups excluding carboxylic acids is 1. The van der Waals surface area contributed by atoms with Crippen molar-refractivity contribution in [1.82, 2.24) is 5.32 Å². The summed E-state index contributed by atoms with van der Waals surface area (Å²) in [6.07, 6.45) is 0.689. The summed E-state index contributed by atoms with van der Waals surface area (Å²) < 4.78 is 4.65. The molecule has 0 bridgehead atoms. The number of amides is 1. The van der Waals surface area contributed by atoms with Gasteiger partial charge in [-0.1, -0.05) is 6.92 Å². The Kier molecular flexibility index (Phi) is 6.82. The molecule has 0 saturated carbocycles. The largest absolute Gasteiger partial charge is 0.449 e. The molecular formula is C7H14NO3. The Morgan fingerprint density at radius 2 is 2.36 bits per heavy atom. The average Bonchev–Trinajstić information content (AvgIpc) is 2.01. The number of aliphatic hydroxyl groups is 1. The average molecular weight is 160 g/mol. The summed E-state index contributed by atoms with van der Waals surface area (Å²) in [6.45, 7) is 4.38. The van der Waals surface area contributed by atoms with Crippen LogP contribution in [0.3, 0.4) is 0 Å². The van der Waals surface area contributed by atoms with E-state index in [1.807, 2.05) is 0 Å². The second kappa shape index (κ2) is 7.34. The van der Waals surface area contributed by atoms with E-state index in [9.17, 15) is 4.79 Å². The molecule has 65 valence electrons. The molecule has 0 heterocycles. The first kappa shape index (κ1) is 10.2. The molecule has 1 amide bonds. The Hall–Kier alpha value is -0.770. The van der Waals surface area contributed by atoms with Gasteiger partial charge in [0.1, 0.15) is 0 Å². The topological polar surface area (TPSA) is 58.6 Å². The molecule has 1 radical (unpaired) electrons. The molecule has 4 nitrogen and oxygen atoms in total. The Labute approximate surface area is 66.5 Å². The minimum Gasteiger partial charge on any atom is -0.449 e. The molecule has 0 fully saturated rings. The monoisotopic (exact) mass is 160 g/mol. The van der Waals surface area contributed by atoms with Crippen molar-refractivity contribution in [2.45, 2.75) is 12.8 Å². The fourth-order valence-corrected chi connectivity index (χ4v) is 0.471. The highest BCUT2D eigenvalue weighted by atomic mass is 16.5. The molecule has 0 aromatic heterocycles. The van der Waals surface area contributed by atoms with E-state index in [1.54, 1.807) is 0 Å². The van der Waals surface area contributed by atoms with Crippen molar-refractivity contribution in [1.29, 1.82) is 0 Å². The third-order valence-corrected chi connectivity index (χ3v) is 0.982. The van der Waals surface area contributed by atoms with Crippen LogP contribution in [0.15, 0.2) is 0 Å². The second-order valence-electron chi connectivity index (χ2n) is 1.99. The summed E-state index contributed by atoms with van der Waals surface area (Å²) in [7, 11) is 0. The summed E-state index contributed by atoms with van der Waals surface area (Å²) in [5.74, 6) is 0. The minimum atomic E-state index is -0.442. The lowest BCUT2D eigenvalue weighted by atomic mass is 10.5. The van der Waals surface area contributed by atoms with E-state index in [0.29, 0.717) is 19.4 Å². The molecule has 0 unspecified atom stereocenters. The lowest BCUT2D eigenvalue weighted by Crippen LogP contribution is -2.25. The van der Waals surface area contributed by atoms with Crippen LogP contribution in [-0.4, -0.2) is 31.0 Å². The van der Waals surface area contributed by atoms with Crippen LogP contribution in [0.5, 0.6) is 0 Å². The smallest absolute Gasteiger partial charge is 0.407 e.